The number of amides is 1. The summed E-state index contributed by atoms with van der Waals surface area (Å²) < 4.78 is 0.857. The molecule has 6 nitrogen and oxygen atoms in total. The standard InChI is InChI=1S/C14H15BrN4O2/c1-14(2,12(16)19-21)13(20)18-10-5-3-4-8-6-9(15)7-17-11(8)10/h3-7,21H,1-2H3,(H2,16,19)(H,18,20). The van der Waals surface area contributed by atoms with Crippen LogP contribution >= 0.6 is 15.9 Å². The Balaban J connectivity index is 2.39. The number of anilines is 1. The Bertz CT molecular complexity index is 728. The highest BCUT2D eigenvalue weighted by atomic mass is 79.9. The maximum atomic E-state index is 12.3. The molecule has 110 valence electrons. The Morgan fingerprint density at radius 2 is 2.19 bits per heavy atom. The first-order valence-electron chi connectivity index (χ1n) is 6.20. The highest BCUT2D eigenvalue weighted by Crippen LogP contribution is 2.26. The number of nitrogens with zero attached hydrogens (tertiary/aromatic N) is 2. The van der Waals surface area contributed by atoms with Crippen LogP contribution in [0.3, 0.4) is 0 Å². The maximum absolute atomic E-state index is 12.3. The minimum absolute atomic E-state index is 0.157. The molecular weight excluding hydrogens is 336 g/mol. The van der Waals surface area contributed by atoms with Gasteiger partial charge in [-0.1, -0.05) is 17.3 Å². The molecule has 1 aromatic carbocycles. The number of benzene rings is 1. The van der Waals surface area contributed by atoms with Crippen molar-refractivity contribution in [3.8, 4) is 0 Å². The summed E-state index contributed by atoms with van der Waals surface area (Å²) in [6, 6.07) is 7.39. The van der Waals surface area contributed by atoms with Gasteiger partial charge in [0.05, 0.1) is 11.2 Å². The number of nitrogens with one attached hydrogen (secondary N) is 1. The van der Waals surface area contributed by atoms with E-state index in [1.165, 1.54) is 0 Å². The van der Waals surface area contributed by atoms with Crippen LogP contribution in [0.15, 0.2) is 40.1 Å². The fraction of sp³-hybridized carbons (Fsp3) is 0.214. The summed E-state index contributed by atoms with van der Waals surface area (Å²) in [6.45, 7) is 3.15. The van der Waals surface area contributed by atoms with Crippen LogP contribution < -0.4 is 11.1 Å². The Kier molecular flexibility index (Phi) is 4.13. The largest absolute Gasteiger partial charge is 0.409 e. The molecule has 2 rings (SSSR count). The number of pyridine rings is 1. The molecule has 0 fully saturated rings. The molecule has 0 saturated heterocycles. The summed E-state index contributed by atoms with van der Waals surface area (Å²) in [5.41, 5.74) is 5.67. The summed E-state index contributed by atoms with van der Waals surface area (Å²) >= 11 is 3.36. The van der Waals surface area contributed by atoms with Crippen LogP contribution in [0.5, 0.6) is 0 Å². The van der Waals surface area contributed by atoms with Crippen LogP contribution in [0.1, 0.15) is 13.8 Å². The third-order valence-electron chi connectivity index (χ3n) is 3.24. The number of amidine groups is 1. The number of halogens is 1. The first-order chi connectivity index (χ1) is 9.86. The molecule has 0 radical (unpaired) electrons. The predicted molar refractivity (Wildman–Crippen MR) is 85.3 cm³/mol. The van der Waals surface area contributed by atoms with Crippen molar-refractivity contribution in [2.45, 2.75) is 13.8 Å². The van der Waals surface area contributed by atoms with Gasteiger partial charge in [0.15, 0.2) is 5.84 Å². The second-order valence-corrected chi connectivity index (χ2v) is 6.01. The smallest absolute Gasteiger partial charge is 0.237 e. The van der Waals surface area contributed by atoms with Crippen LogP contribution in [0.4, 0.5) is 5.69 Å². The number of carbonyl (C=O) groups excluding carboxylic acids is 1. The van der Waals surface area contributed by atoms with Crippen LogP contribution in [-0.4, -0.2) is 21.9 Å². The van der Waals surface area contributed by atoms with E-state index in [0.29, 0.717) is 11.2 Å². The van der Waals surface area contributed by atoms with Crippen molar-refractivity contribution in [3.63, 3.8) is 0 Å². The number of oxime groups is 1. The molecule has 0 unspecified atom stereocenters. The molecule has 21 heavy (non-hydrogen) atoms. The molecule has 1 amide bonds. The van der Waals surface area contributed by atoms with Crippen LogP contribution in [-0.2, 0) is 4.79 Å². The SMILES string of the molecule is CC(C)(C(=O)Nc1cccc2cc(Br)cnc12)/C(N)=N/O. The summed E-state index contributed by atoms with van der Waals surface area (Å²) in [5.74, 6) is -0.536. The van der Waals surface area contributed by atoms with Gasteiger partial charge in [0.25, 0.3) is 0 Å². The lowest BCUT2D eigenvalue weighted by molar-refractivity contribution is -0.121. The topological polar surface area (TPSA) is 101 Å². The van der Waals surface area contributed by atoms with Crippen molar-refractivity contribution < 1.29 is 10.0 Å². The lowest BCUT2D eigenvalue weighted by Crippen LogP contribution is -2.42. The first kappa shape index (κ1) is 15.2. The van der Waals surface area contributed by atoms with Crippen molar-refractivity contribution in [1.82, 2.24) is 4.98 Å². The van der Waals surface area contributed by atoms with Gasteiger partial charge >= 0.3 is 0 Å². The number of hydrogen-bond acceptors (Lipinski definition) is 4. The van der Waals surface area contributed by atoms with Crippen molar-refractivity contribution in [3.05, 3.63) is 34.9 Å². The number of para-hydroxylation sites is 1. The van der Waals surface area contributed by atoms with E-state index in [1.54, 1.807) is 26.1 Å². The zero-order valence-electron chi connectivity index (χ0n) is 11.6. The van der Waals surface area contributed by atoms with E-state index in [-0.39, 0.29) is 11.7 Å². The quantitative estimate of drug-likeness (QED) is 0.343. The van der Waals surface area contributed by atoms with Gasteiger partial charge in [-0.2, -0.15) is 0 Å². The summed E-state index contributed by atoms with van der Waals surface area (Å²) in [4.78, 5) is 16.6. The fourth-order valence-corrected chi connectivity index (χ4v) is 2.10. The molecule has 7 heteroatoms. The van der Waals surface area contributed by atoms with Gasteiger partial charge in [0.2, 0.25) is 5.91 Å². The molecule has 2 aromatic rings. The molecule has 1 aromatic heterocycles. The normalized spacial score (nSPS) is 12.4. The monoisotopic (exact) mass is 350 g/mol. The van der Waals surface area contributed by atoms with Gasteiger partial charge in [-0.3, -0.25) is 9.78 Å². The Morgan fingerprint density at radius 1 is 1.48 bits per heavy atom. The van der Waals surface area contributed by atoms with Crippen molar-refractivity contribution in [1.29, 1.82) is 0 Å². The molecule has 4 N–H and O–H groups in total. The third kappa shape index (κ3) is 2.97. The van der Waals surface area contributed by atoms with Crippen LogP contribution in [0.25, 0.3) is 10.9 Å². The highest BCUT2D eigenvalue weighted by Gasteiger charge is 2.33. The second-order valence-electron chi connectivity index (χ2n) is 5.10. The summed E-state index contributed by atoms with van der Waals surface area (Å²) in [5, 5.41) is 15.3. The summed E-state index contributed by atoms with van der Waals surface area (Å²) in [6.07, 6.45) is 1.66. The average molecular weight is 351 g/mol. The average Bonchev–Trinajstić information content (AvgIpc) is 2.46. The lowest BCUT2D eigenvalue weighted by Gasteiger charge is -2.22. The van der Waals surface area contributed by atoms with Gasteiger partial charge in [-0.25, -0.2) is 0 Å². The van der Waals surface area contributed by atoms with Crippen molar-refractivity contribution in [2.75, 3.05) is 5.32 Å². The molecule has 0 atom stereocenters. The van der Waals surface area contributed by atoms with E-state index in [1.807, 2.05) is 18.2 Å². The number of rotatable bonds is 3. The number of fused-ring (bicyclic) bond motifs is 1. The van der Waals surface area contributed by atoms with E-state index < -0.39 is 5.41 Å². The number of nitrogens with two attached hydrogens (primary N) is 1. The Hall–Kier alpha value is -2.15. The molecule has 0 aliphatic heterocycles. The van der Waals surface area contributed by atoms with E-state index in [9.17, 15) is 4.79 Å². The minimum atomic E-state index is -1.13. The first-order valence-corrected chi connectivity index (χ1v) is 6.99. The number of carbonyl (C=O) groups is 1. The Morgan fingerprint density at radius 3 is 2.86 bits per heavy atom. The molecule has 0 saturated carbocycles. The molecule has 0 bridgehead atoms. The Labute approximate surface area is 130 Å². The maximum Gasteiger partial charge on any atom is 0.237 e. The molecule has 1 heterocycles. The number of aromatic nitrogens is 1. The van der Waals surface area contributed by atoms with Gasteiger partial charge < -0.3 is 16.3 Å². The van der Waals surface area contributed by atoms with Gasteiger partial charge in [0.1, 0.15) is 5.41 Å². The molecule has 0 aliphatic carbocycles. The summed E-state index contributed by atoms with van der Waals surface area (Å²) in [7, 11) is 0. The highest BCUT2D eigenvalue weighted by molar-refractivity contribution is 9.10. The van der Waals surface area contributed by atoms with E-state index in [0.717, 1.165) is 9.86 Å². The van der Waals surface area contributed by atoms with Crippen molar-refractivity contribution in [2.24, 2.45) is 16.3 Å². The zero-order chi connectivity index (χ0) is 15.6. The zero-order valence-corrected chi connectivity index (χ0v) is 13.2. The van der Waals surface area contributed by atoms with Crippen molar-refractivity contribution >= 4 is 44.3 Å². The van der Waals surface area contributed by atoms with Gasteiger partial charge in [0, 0.05) is 16.1 Å². The van der Waals surface area contributed by atoms with Gasteiger partial charge in [-0.15, -0.1) is 0 Å². The number of hydrogen-bond donors (Lipinski definition) is 3. The van der Waals surface area contributed by atoms with E-state index in [2.05, 4.69) is 31.4 Å². The molecule has 0 aliphatic rings. The predicted octanol–water partition coefficient (Wildman–Crippen LogP) is 2.71. The van der Waals surface area contributed by atoms with Crippen LogP contribution in [0.2, 0.25) is 0 Å². The lowest BCUT2D eigenvalue weighted by atomic mass is 9.91. The fourth-order valence-electron chi connectivity index (χ4n) is 1.75. The minimum Gasteiger partial charge on any atom is -0.409 e. The third-order valence-corrected chi connectivity index (χ3v) is 3.68. The second kappa shape index (κ2) is 5.69. The van der Waals surface area contributed by atoms with E-state index in [4.69, 9.17) is 10.9 Å². The van der Waals surface area contributed by atoms with Gasteiger partial charge in [-0.05, 0) is 41.9 Å². The van der Waals surface area contributed by atoms with E-state index >= 15 is 0 Å². The molecule has 0 spiro atoms. The van der Waals surface area contributed by atoms with Crippen LogP contribution in [0, 0.1) is 5.41 Å². The molecular formula is C14H15BrN4O2.